The summed E-state index contributed by atoms with van der Waals surface area (Å²) in [4.78, 5) is 23.8. The molecule has 0 radical (unpaired) electrons. The summed E-state index contributed by atoms with van der Waals surface area (Å²) in [6.45, 7) is 3.20. The van der Waals surface area contributed by atoms with Crippen LogP contribution in [-0.2, 0) is 6.18 Å². The van der Waals surface area contributed by atoms with Gasteiger partial charge in [0.1, 0.15) is 0 Å². The van der Waals surface area contributed by atoms with E-state index in [9.17, 15) is 22.8 Å². The maximum Gasteiger partial charge on any atom is 0.434 e. The van der Waals surface area contributed by atoms with Crippen LogP contribution < -0.4 is 5.32 Å². The predicted octanol–water partition coefficient (Wildman–Crippen LogP) is 4.65. The topological polar surface area (TPSA) is 64.0 Å². The van der Waals surface area contributed by atoms with E-state index in [1.54, 1.807) is 12.1 Å². The van der Waals surface area contributed by atoms with Crippen molar-refractivity contribution >= 4 is 17.4 Å². The van der Waals surface area contributed by atoms with E-state index in [4.69, 9.17) is 0 Å². The Morgan fingerprint density at radius 2 is 1.61 bits per heavy atom. The van der Waals surface area contributed by atoms with Crippen LogP contribution in [0.1, 0.15) is 38.9 Å². The summed E-state index contributed by atoms with van der Waals surface area (Å²) in [5.74, 6) is -1.10. The highest BCUT2D eigenvalue weighted by molar-refractivity contribution is 6.05. The average molecular weight is 387 g/mol. The molecule has 2 aromatic carbocycles. The van der Waals surface area contributed by atoms with Crippen LogP contribution in [0, 0.1) is 6.92 Å². The van der Waals surface area contributed by atoms with Crippen LogP contribution >= 0.6 is 0 Å². The molecule has 0 saturated carbocycles. The van der Waals surface area contributed by atoms with E-state index in [0.29, 0.717) is 10.2 Å². The Morgan fingerprint density at radius 1 is 1.00 bits per heavy atom. The van der Waals surface area contributed by atoms with Crippen LogP contribution in [0.15, 0.2) is 54.7 Å². The van der Waals surface area contributed by atoms with Crippen LogP contribution in [0.4, 0.5) is 18.9 Å². The first-order valence-electron chi connectivity index (χ1n) is 8.31. The van der Waals surface area contributed by atoms with Crippen molar-refractivity contribution in [2.75, 3.05) is 5.32 Å². The SMILES string of the molecule is CC(=O)c1ccc(NC(=O)c2cnn(-c3ccc(C)cc3)c2C(F)(F)F)cc1. The lowest BCUT2D eigenvalue weighted by Gasteiger charge is -2.13. The van der Waals surface area contributed by atoms with Crippen LogP contribution in [-0.4, -0.2) is 21.5 Å². The van der Waals surface area contributed by atoms with E-state index in [0.717, 1.165) is 11.8 Å². The van der Waals surface area contributed by atoms with Gasteiger partial charge in [-0.25, -0.2) is 4.68 Å². The van der Waals surface area contributed by atoms with E-state index in [2.05, 4.69) is 10.4 Å². The van der Waals surface area contributed by atoms with Crippen LogP contribution in [0.5, 0.6) is 0 Å². The van der Waals surface area contributed by atoms with Crippen molar-refractivity contribution < 1.29 is 22.8 Å². The van der Waals surface area contributed by atoms with Crippen LogP contribution in [0.3, 0.4) is 0 Å². The average Bonchev–Trinajstić information content (AvgIpc) is 3.08. The number of Topliss-reactive ketones (excluding diaryl/α,β-unsaturated/α-hetero) is 1. The molecule has 144 valence electrons. The highest BCUT2D eigenvalue weighted by Crippen LogP contribution is 2.34. The molecule has 1 N–H and O–H groups in total. The van der Waals surface area contributed by atoms with Crippen molar-refractivity contribution in [2.24, 2.45) is 0 Å². The van der Waals surface area contributed by atoms with E-state index in [1.807, 2.05) is 6.92 Å². The van der Waals surface area contributed by atoms with Gasteiger partial charge in [0, 0.05) is 11.3 Å². The van der Waals surface area contributed by atoms with Crippen molar-refractivity contribution in [2.45, 2.75) is 20.0 Å². The lowest BCUT2D eigenvalue weighted by molar-refractivity contribution is -0.143. The maximum atomic E-state index is 13.7. The smallest absolute Gasteiger partial charge is 0.322 e. The quantitative estimate of drug-likeness (QED) is 0.663. The number of alkyl halides is 3. The van der Waals surface area contributed by atoms with Gasteiger partial charge in [0.2, 0.25) is 0 Å². The molecule has 8 heteroatoms. The second kappa shape index (κ2) is 7.30. The van der Waals surface area contributed by atoms with E-state index in [-0.39, 0.29) is 17.2 Å². The Morgan fingerprint density at radius 3 is 2.14 bits per heavy atom. The second-order valence-corrected chi connectivity index (χ2v) is 6.24. The number of benzene rings is 2. The lowest BCUT2D eigenvalue weighted by atomic mass is 10.1. The van der Waals surface area contributed by atoms with Gasteiger partial charge in [-0.2, -0.15) is 18.3 Å². The number of nitrogens with one attached hydrogen (secondary N) is 1. The summed E-state index contributed by atoms with van der Waals surface area (Å²) >= 11 is 0. The number of nitrogens with zero attached hydrogens (tertiary/aromatic N) is 2. The maximum absolute atomic E-state index is 13.7. The number of hydrogen-bond donors (Lipinski definition) is 1. The van der Waals surface area contributed by atoms with Gasteiger partial charge in [-0.15, -0.1) is 0 Å². The summed E-state index contributed by atoms with van der Waals surface area (Å²) in [6.07, 6.45) is -3.89. The number of carbonyl (C=O) groups is 2. The number of carbonyl (C=O) groups excluding carboxylic acids is 2. The summed E-state index contributed by atoms with van der Waals surface area (Å²) in [7, 11) is 0. The zero-order valence-electron chi connectivity index (χ0n) is 15.0. The Kier molecular flexibility index (Phi) is 5.04. The van der Waals surface area contributed by atoms with Crippen molar-refractivity contribution in [3.05, 3.63) is 77.1 Å². The third-order valence-electron chi connectivity index (χ3n) is 4.11. The monoisotopic (exact) mass is 387 g/mol. The molecule has 0 bridgehead atoms. The number of halogens is 3. The summed E-state index contributed by atoms with van der Waals surface area (Å²) in [6, 6.07) is 12.2. The molecule has 0 aliphatic rings. The fraction of sp³-hybridized carbons (Fsp3) is 0.150. The van der Waals surface area contributed by atoms with Gasteiger partial charge in [0.05, 0.1) is 17.4 Å². The predicted molar refractivity (Wildman–Crippen MR) is 97.7 cm³/mol. The molecule has 1 heterocycles. The molecule has 0 unspecified atom stereocenters. The Bertz CT molecular complexity index is 1020. The van der Waals surface area contributed by atoms with E-state index < -0.39 is 23.3 Å². The lowest BCUT2D eigenvalue weighted by Crippen LogP contribution is -2.20. The van der Waals surface area contributed by atoms with Crippen molar-refractivity contribution in [3.8, 4) is 5.69 Å². The minimum Gasteiger partial charge on any atom is -0.322 e. The molecule has 0 aliphatic carbocycles. The van der Waals surface area contributed by atoms with E-state index >= 15 is 0 Å². The molecule has 3 rings (SSSR count). The minimum atomic E-state index is -4.79. The molecular formula is C20H16F3N3O2. The summed E-state index contributed by atoms with van der Waals surface area (Å²) < 4.78 is 41.7. The normalized spacial score (nSPS) is 11.3. The number of anilines is 1. The highest BCUT2D eigenvalue weighted by atomic mass is 19.4. The number of amides is 1. The third-order valence-corrected chi connectivity index (χ3v) is 4.11. The standard InChI is InChI=1S/C20H16F3N3O2/c1-12-3-9-16(10-4-12)26-18(20(21,22)23)17(11-24-26)19(28)25-15-7-5-14(6-8-15)13(2)27/h3-11H,1-2H3,(H,25,28). The molecule has 1 aromatic heterocycles. The minimum absolute atomic E-state index is 0.156. The zero-order chi connectivity index (χ0) is 20.5. The summed E-state index contributed by atoms with van der Waals surface area (Å²) in [5, 5.41) is 6.18. The van der Waals surface area contributed by atoms with Crippen molar-refractivity contribution in [1.82, 2.24) is 9.78 Å². The molecular weight excluding hydrogens is 371 g/mol. The second-order valence-electron chi connectivity index (χ2n) is 6.24. The largest absolute Gasteiger partial charge is 0.434 e. The Hall–Kier alpha value is -3.42. The first-order valence-corrected chi connectivity index (χ1v) is 8.31. The van der Waals surface area contributed by atoms with Crippen LogP contribution in [0.25, 0.3) is 5.69 Å². The molecule has 0 saturated heterocycles. The number of aryl methyl sites for hydroxylation is 1. The van der Waals surface area contributed by atoms with Crippen molar-refractivity contribution in [3.63, 3.8) is 0 Å². The van der Waals surface area contributed by atoms with E-state index in [1.165, 1.54) is 43.3 Å². The molecule has 0 aliphatic heterocycles. The first-order chi connectivity index (χ1) is 13.2. The first kappa shape index (κ1) is 19.3. The molecule has 5 nitrogen and oxygen atoms in total. The zero-order valence-corrected chi connectivity index (χ0v) is 15.0. The van der Waals surface area contributed by atoms with Gasteiger partial charge in [0.25, 0.3) is 5.91 Å². The van der Waals surface area contributed by atoms with Gasteiger partial charge in [0.15, 0.2) is 11.5 Å². The molecule has 28 heavy (non-hydrogen) atoms. The Balaban J connectivity index is 1.96. The molecule has 1 amide bonds. The van der Waals surface area contributed by atoms with Gasteiger partial charge in [-0.3, -0.25) is 9.59 Å². The number of aromatic nitrogens is 2. The molecule has 0 fully saturated rings. The van der Waals surface area contributed by atoms with Gasteiger partial charge >= 0.3 is 6.18 Å². The van der Waals surface area contributed by atoms with Gasteiger partial charge < -0.3 is 5.32 Å². The number of ketones is 1. The van der Waals surface area contributed by atoms with Crippen molar-refractivity contribution in [1.29, 1.82) is 0 Å². The van der Waals surface area contributed by atoms with Gasteiger partial charge in [-0.05, 0) is 50.2 Å². The number of rotatable bonds is 4. The summed E-state index contributed by atoms with van der Waals surface area (Å²) in [5.41, 5.74) is 0.0320. The number of hydrogen-bond acceptors (Lipinski definition) is 3. The fourth-order valence-corrected chi connectivity index (χ4v) is 2.66. The van der Waals surface area contributed by atoms with Crippen LogP contribution in [0.2, 0.25) is 0 Å². The van der Waals surface area contributed by atoms with Gasteiger partial charge in [-0.1, -0.05) is 17.7 Å². The molecule has 0 spiro atoms. The Labute approximate surface area is 158 Å². The third kappa shape index (κ3) is 3.95. The molecule has 3 aromatic rings. The molecule has 0 atom stereocenters. The highest BCUT2D eigenvalue weighted by Gasteiger charge is 2.40. The fourth-order valence-electron chi connectivity index (χ4n) is 2.66.